The van der Waals surface area contributed by atoms with E-state index in [2.05, 4.69) is 31.3 Å². The number of halogens is 3. The molecular weight excluding hydrogens is 487 g/mol. The van der Waals surface area contributed by atoms with E-state index in [0.29, 0.717) is 21.6 Å². The van der Waals surface area contributed by atoms with Gasteiger partial charge in [-0.15, -0.1) is 5.10 Å². The Morgan fingerprint density at radius 1 is 1.03 bits per heavy atom. The molecular formula is C22H15BrCl2N4O. The molecule has 150 valence electrons. The highest BCUT2D eigenvalue weighted by molar-refractivity contribution is 9.10. The number of nitrogens with one attached hydrogen (secondary N) is 1. The molecule has 1 N–H and O–H groups in total. The summed E-state index contributed by atoms with van der Waals surface area (Å²) in [6.45, 7) is 2.00. The number of hydrogen-bond acceptors (Lipinski definition) is 3. The van der Waals surface area contributed by atoms with Crippen molar-refractivity contribution in [2.75, 3.05) is 5.32 Å². The molecule has 4 aromatic rings. The molecule has 0 saturated heterocycles. The highest BCUT2D eigenvalue weighted by Gasteiger charge is 2.20. The minimum absolute atomic E-state index is 0.0282. The molecule has 0 aliphatic rings. The first-order valence-electron chi connectivity index (χ1n) is 8.97. The van der Waals surface area contributed by atoms with Gasteiger partial charge in [0.2, 0.25) is 5.82 Å². The summed E-state index contributed by atoms with van der Waals surface area (Å²) in [5, 5.41) is 8.03. The first kappa shape index (κ1) is 20.6. The van der Waals surface area contributed by atoms with Gasteiger partial charge in [-0.3, -0.25) is 4.79 Å². The van der Waals surface area contributed by atoms with Gasteiger partial charge in [-0.2, -0.15) is 0 Å². The van der Waals surface area contributed by atoms with E-state index in [0.717, 1.165) is 21.3 Å². The van der Waals surface area contributed by atoms with E-state index in [1.54, 1.807) is 22.9 Å². The number of aromatic nitrogens is 3. The van der Waals surface area contributed by atoms with Gasteiger partial charge < -0.3 is 5.32 Å². The topological polar surface area (TPSA) is 59.8 Å². The molecule has 3 aromatic carbocycles. The van der Waals surface area contributed by atoms with Crippen LogP contribution >= 0.6 is 39.1 Å². The van der Waals surface area contributed by atoms with E-state index in [4.69, 9.17) is 23.2 Å². The van der Waals surface area contributed by atoms with Crippen LogP contribution in [-0.4, -0.2) is 20.7 Å². The van der Waals surface area contributed by atoms with Crippen LogP contribution in [0.3, 0.4) is 0 Å². The second kappa shape index (κ2) is 8.60. The van der Waals surface area contributed by atoms with Crippen molar-refractivity contribution in [1.82, 2.24) is 14.8 Å². The Morgan fingerprint density at radius 2 is 1.80 bits per heavy atom. The molecule has 8 heteroatoms. The number of nitrogens with zero attached hydrogens (tertiary/aromatic N) is 3. The molecule has 1 amide bonds. The van der Waals surface area contributed by atoms with Crippen molar-refractivity contribution >= 4 is 50.7 Å². The van der Waals surface area contributed by atoms with Gasteiger partial charge in [0.15, 0.2) is 5.82 Å². The van der Waals surface area contributed by atoms with Crippen molar-refractivity contribution in [2.24, 2.45) is 0 Å². The monoisotopic (exact) mass is 500 g/mol. The number of benzene rings is 3. The van der Waals surface area contributed by atoms with Crippen LogP contribution in [0, 0.1) is 6.92 Å². The Bertz CT molecular complexity index is 1240. The predicted molar refractivity (Wildman–Crippen MR) is 124 cm³/mol. The van der Waals surface area contributed by atoms with Crippen LogP contribution in [0.1, 0.15) is 16.2 Å². The van der Waals surface area contributed by atoms with Crippen molar-refractivity contribution in [3.05, 3.63) is 92.6 Å². The van der Waals surface area contributed by atoms with E-state index in [1.165, 1.54) is 0 Å². The lowest BCUT2D eigenvalue weighted by Gasteiger charge is -2.06. The summed E-state index contributed by atoms with van der Waals surface area (Å²) in [7, 11) is 0. The number of carbonyl (C=O) groups excluding carboxylic acids is 1. The smallest absolute Gasteiger partial charge is 0.295 e. The summed E-state index contributed by atoms with van der Waals surface area (Å²) in [6, 6.07) is 20.3. The second-order valence-electron chi connectivity index (χ2n) is 6.60. The SMILES string of the molecule is Cc1cccc(-c2nc(C(=O)Nc3ccc(Cl)cc3Cl)nn2-c2ccc(Br)cc2)c1. The van der Waals surface area contributed by atoms with E-state index < -0.39 is 5.91 Å². The van der Waals surface area contributed by atoms with Crippen LogP contribution in [0.25, 0.3) is 17.1 Å². The quantitative estimate of drug-likeness (QED) is 0.344. The first-order chi connectivity index (χ1) is 14.4. The third kappa shape index (κ3) is 4.41. The number of amides is 1. The molecule has 0 fully saturated rings. The largest absolute Gasteiger partial charge is 0.318 e. The van der Waals surface area contributed by atoms with Crippen molar-refractivity contribution in [1.29, 1.82) is 0 Å². The highest BCUT2D eigenvalue weighted by Crippen LogP contribution is 2.27. The zero-order valence-corrected chi connectivity index (χ0v) is 18.8. The number of carbonyl (C=O) groups is 1. The van der Waals surface area contributed by atoms with E-state index in [1.807, 2.05) is 55.5 Å². The molecule has 30 heavy (non-hydrogen) atoms. The van der Waals surface area contributed by atoms with Crippen LogP contribution in [0.2, 0.25) is 10.0 Å². The molecule has 1 aromatic heterocycles. The van der Waals surface area contributed by atoms with Gasteiger partial charge in [-0.05, 0) is 55.5 Å². The number of aryl methyl sites for hydroxylation is 1. The number of hydrogen-bond donors (Lipinski definition) is 1. The summed E-state index contributed by atoms with van der Waals surface area (Å²) >= 11 is 15.5. The molecule has 0 aliphatic carbocycles. The van der Waals surface area contributed by atoms with Crippen molar-refractivity contribution in [3.63, 3.8) is 0 Å². The van der Waals surface area contributed by atoms with Crippen LogP contribution in [0.4, 0.5) is 5.69 Å². The molecule has 5 nitrogen and oxygen atoms in total. The first-order valence-corrected chi connectivity index (χ1v) is 10.5. The third-order valence-electron chi connectivity index (χ3n) is 4.34. The fraction of sp³-hybridized carbons (Fsp3) is 0.0455. The molecule has 0 bridgehead atoms. The average Bonchev–Trinajstić information content (AvgIpc) is 3.16. The fourth-order valence-corrected chi connectivity index (χ4v) is 3.63. The van der Waals surface area contributed by atoms with Gasteiger partial charge in [-0.1, -0.05) is 62.9 Å². The zero-order chi connectivity index (χ0) is 21.3. The normalized spacial score (nSPS) is 10.8. The predicted octanol–water partition coefficient (Wildman–Crippen LogP) is 6.56. The number of rotatable bonds is 4. The minimum Gasteiger partial charge on any atom is -0.318 e. The van der Waals surface area contributed by atoms with Gasteiger partial charge in [0.25, 0.3) is 5.91 Å². The Balaban J connectivity index is 1.76. The van der Waals surface area contributed by atoms with Gasteiger partial charge in [0, 0.05) is 15.1 Å². The van der Waals surface area contributed by atoms with Crippen LogP contribution < -0.4 is 5.32 Å². The second-order valence-corrected chi connectivity index (χ2v) is 8.35. The van der Waals surface area contributed by atoms with Gasteiger partial charge >= 0.3 is 0 Å². The molecule has 0 unspecified atom stereocenters. The molecule has 1 heterocycles. The summed E-state index contributed by atoms with van der Waals surface area (Å²) in [5.74, 6) is 0.123. The maximum absolute atomic E-state index is 12.9. The third-order valence-corrected chi connectivity index (χ3v) is 5.41. The summed E-state index contributed by atoms with van der Waals surface area (Å²) in [5.41, 5.74) is 3.15. The molecule has 0 radical (unpaired) electrons. The fourth-order valence-electron chi connectivity index (χ4n) is 2.91. The lowest BCUT2D eigenvalue weighted by Crippen LogP contribution is -2.14. The summed E-state index contributed by atoms with van der Waals surface area (Å²) in [6.07, 6.45) is 0. The van der Waals surface area contributed by atoms with Gasteiger partial charge in [0.1, 0.15) is 0 Å². The Kier molecular flexibility index (Phi) is 5.90. The van der Waals surface area contributed by atoms with Gasteiger partial charge in [-0.25, -0.2) is 9.67 Å². The maximum atomic E-state index is 12.9. The molecule has 0 atom stereocenters. The summed E-state index contributed by atoms with van der Waals surface area (Å²) in [4.78, 5) is 17.4. The Morgan fingerprint density at radius 3 is 2.50 bits per heavy atom. The van der Waals surface area contributed by atoms with E-state index in [-0.39, 0.29) is 5.82 Å². The van der Waals surface area contributed by atoms with Crippen molar-refractivity contribution in [2.45, 2.75) is 6.92 Å². The Labute approximate surface area is 191 Å². The highest BCUT2D eigenvalue weighted by atomic mass is 79.9. The lowest BCUT2D eigenvalue weighted by molar-refractivity contribution is 0.101. The van der Waals surface area contributed by atoms with Crippen molar-refractivity contribution < 1.29 is 4.79 Å². The van der Waals surface area contributed by atoms with Crippen LogP contribution in [0.5, 0.6) is 0 Å². The van der Waals surface area contributed by atoms with E-state index >= 15 is 0 Å². The average molecular weight is 502 g/mol. The molecule has 0 saturated carbocycles. The van der Waals surface area contributed by atoms with Gasteiger partial charge in [0.05, 0.1) is 16.4 Å². The molecule has 0 aliphatic heterocycles. The van der Waals surface area contributed by atoms with E-state index in [9.17, 15) is 4.79 Å². The molecule has 0 spiro atoms. The maximum Gasteiger partial charge on any atom is 0.295 e. The van der Waals surface area contributed by atoms with Crippen LogP contribution in [0.15, 0.2) is 71.2 Å². The van der Waals surface area contributed by atoms with Crippen LogP contribution in [-0.2, 0) is 0 Å². The zero-order valence-electron chi connectivity index (χ0n) is 15.7. The summed E-state index contributed by atoms with van der Waals surface area (Å²) < 4.78 is 2.60. The standard InChI is InChI=1S/C22H15BrCl2N4O/c1-13-3-2-4-14(11-13)21-27-20(28-29(21)17-8-5-15(23)6-9-17)22(30)26-19-10-7-16(24)12-18(19)25/h2-12H,1H3,(H,26,30). The number of anilines is 1. The lowest BCUT2D eigenvalue weighted by atomic mass is 10.1. The Hall–Kier alpha value is -2.67. The van der Waals surface area contributed by atoms with Crippen molar-refractivity contribution in [3.8, 4) is 17.1 Å². The minimum atomic E-state index is -0.469. The molecule has 4 rings (SSSR count).